The number of alkyl halides is 3. The molecule has 0 unspecified atom stereocenters. The van der Waals surface area contributed by atoms with Gasteiger partial charge in [-0.3, -0.25) is 9.59 Å². The van der Waals surface area contributed by atoms with Crippen LogP contribution in [0.4, 0.5) is 23.4 Å². The number of ether oxygens (including phenoxy) is 3. The Labute approximate surface area is 227 Å². The highest BCUT2D eigenvalue weighted by molar-refractivity contribution is 5.97. The van der Waals surface area contributed by atoms with Crippen molar-refractivity contribution >= 4 is 17.6 Å². The fourth-order valence-corrected chi connectivity index (χ4v) is 3.97. The molecule has 3 aromatic rings. The Morgan fingerprint density at radius 1 is 1.20 bits per heavy atom. The standard InChI is InChI=1S/C27H28F4N4O5/c1-16(27(29,30)31)40-15-17-4-3-5-18(10-17)22-13-24(33-26(37)19-11-25(36)32-14-19)34-35(22)23-12-20(6-7-21(23)28)39-9-8-38-2/h3-7,10,12-13,16,19H,8-9,11,14-15H2,1-2H3,(H,32,36)(H,33,34,37)/t16-,19+/m1/s1. The van der Waals surface area contributed by atoms with E-state index in [-0.39, 0.29) is 43.6 Å². The molecule has 2 heterocycles. The molecular weight excluding hydrogens is 536 g/mol. The molecule has 214 valence electrons. The molecule has 1 fully saturated rings. The van der Waals surface area contributed by atoms with Gasteiger partial charge in [-0.1, -0.05) is 18.2 Å². The zero-order valence-electron chi connectivity index (χ0n) is 21.8. The number of amides is 2. The van der Waals surface area contributed by atoms with Crippen LogP contribution in [-0.4, -0.2) is 60.7 Å². The number of nitrogens with zero attached hydrogens (tertiary/aromatic N) is 2. The van der Waals surface area contributed by atoms with Crippen LogP contribution in [0.3, 0.4) is 0 Å². The second-order valence-electron chi connectivity index (χ2n) is 9.17. The van der Waals surface area contributed by atoms with E-state index < -0.39 is 29.9 Å². The number of rotatable bonds is 11. The van der Waals surface area contributed by atoms with Crippen molar-refractivity contribution in [3.05, 3.63) is 59.9 Å². The van der Waals surface area contributed by atoms with E-state index in [0.29, 0.717) is 29.2 Å². The fourth-order valence-electron chi connectivity index (χ4n) is 3.97. The molecule has 2 N–H and O–H groups in total. The van der Waals surface area contributed by atoms with Gasteiger partial charge >= 0.3 is 6.18 Å². The van der Waals surface area contributed by atoms with Crippen molar-refractivity contribution in [1.82, 2.24) is 15.1 Å². The predicted octanol–water partition coefficient (Wildman–Crippen LogP) is 4.25. The summed E-state index contributed by atoms with van der Waals surface area (Å²) in [6, 6.07) is 12.1. The molecule has 40 heavy (non-hydrogen) atoms. The maximum Gasteiger partial charge on any atom is 0.414 e. The molecule has 1 aliphatic rings. The largest absolute Gasteiger partial charge is 0.491 e. The number of aromatic nitrogens is 2. The lowest BCUT2D eigenvalue weighted by Crippen LogP contribution is -2.28. The summed E-state index contributed by atoms with van der Waals surface area (Å²) < 4.78 is 70.6. The first kappa shape index (κ1) is 29.0. The molecule has 0 aliphatic carbocycles. The minimum atomic E-state index is -4.50. The number of carbonyl (C=O) groups is 2. The summed E-state index contributed by atoms with van der Waals surface area (Å²) in [4.78, 5) is 24.3. The summed E-state index contributed by atoms with van der Waals surface area (Å²) in [6.45, 7) is 1.33. The van der Waals surface area contributed by atoms with E-state index in [0.717, 1.165) is 6.92 Å². The Morgan fingerprint density at radius 3 is 2.70 bits per heavy atom. The highest BCUT2D eigenvalue weighted by Crippen LogP contribution is 2.31. The number of carbonyl (C=O) groups excluding carboxylic acids is 2. The van der Waals surface area contributed by atoms with Crippen LogP contribution in [-0.2, 0) is 25.7 Å². The van der Waals surface area contributed by atoms with Gasteiger partial charge in [-0.25, -0.2) is 9.07 Å². The molecule has 9 nitrogen and oxygen atoms in total. The zero-order valence-corrected chi connectivity index (χ0v) is 21.8. The van der Waals surface area contributed by atoms with E-state index in [9.17, 15) is 22.8 Å². The van der Waals surface area contributed by atoms with Crippen molar-refractivity contribution in [2.24, 2.45) is 5.92 Å². The molecule has 0 spiro atoms. The Kier molecular flexibility index (Phi) is 9.05. The molecule has 0 radical (unpaired) electrons. The Bertz CT molecular complexity index is 1360. The van der Waals surface area contributed by atoms with E-state index in [4.69, 9.17) is 14.2 Å². The average molecular weight is 565 g/mol. The molecule has 13 heteroatoms. The topological polar surface area (TPSA) is 104 Å². The third-order valence-electron chi connectivity index (χ3n) is 6.19. The minimum absolute atomic E-state index is 0.00970. The van der Waals surface area contributed by atoms with E-state index in [1.165, 1.54) is 36.1 Å². The van der Waals surface area contributed by atoms with Gasteiger partial charge in [0.15, 0.2) is 11.9 Å². The second-order valence-corrected chi connectivity index (χ2v) is 9.17. The highest BCUT2D eigenvalue weighted by atomic mass is 19.4. The van der Waals surface area contributed by atoms with Gasteiger partial charge < -0.3 is 24.8 Å². The first-order valence-electron chi connectivity index (χ1n) is 12.4. The quantitative estimate of drug-likeness (QED) is 0.267. The van der Waals surface area contributed by atoms with Gasteiger partial charge in [0.05, 0.1) is 24.8 Å². The fraction of sp³-hybridized carbons (Fsp3) is 0.370. The molecule has 2 amide bonds. The number of halogens is 4. The Hall–Kier alpha value is -3.97. The Balaban J connectivity index is 1.68. The third-order valence-corrected chi connectivity index (χ3v) is 6.19. The normalized spacial score (nSPS) is 16.1. The van der Waals surface area contributed by atoms with Gasteiger partial charge in [0, 0.05) is 37.8 Å². The van der Waals surface area contributed by atoms with Gasteiger partial charge in [0.2, 0.25) is 11.8 Å². The van der Waals surface area contributed by atoms with E-state index in [1.54, 1.807) is 24.3 Å². The highest BCUT2D eigenvalue weighted by Gasteiger charge is 2.36. The van der Waals surface area contributed by atoms with E-state index in [2.05, 4.69) is 15.7 Å². The van der Waals surface area contributed by atoms with E-state index >= 15 is 4.39 Å². The average Bonchev–Trinajstić information content (AvgIpc) is 3.54. The zero-order chi connectivity index (χ0) is 28.9. The number of hydrogen-bond acceptors (Lipinski definition) is 6. The molecule has 4 rings (SSSR count). The van der Waals surface area contributed by atoms with Gasteiger partial charge in [-0.05, 0) is 30.7 Å². The molecule has 1 aromatic heterocycles. The lowest BCUT2D eigenvalue weighted by atomic mass is 10.1. The van der Waals surface area contributed by atoms with Crippen molar-refractivity contribution < 1.29 is 41.4 Å². The van der Waals surface area contributed by atoms with Crippen molar-refractivity contribution in [1.29, 1.82) is 0 Å². The second kappa shape index (κ2) is 12.5. The van der Waals surface area contributed by atoms with Crippen LogP contribution in [0.15, 0.2) is 48.5 Å². The van der Waals surface area contributed by atoms with Crippen LogP contribution in [0, 0.1) is 11.7 Å². The number of benzene rings is 2. The first-order chi connectivity index (χ1) is 19.0. The van der Waals surface area contributed by atoms with Gasteiger partial charge in [0.1, 0.15) is 23.9 Å². The van der Waals surface area contributed by atoms with Crippen LogP contribution >= 0.6 is 0 Å². The molecule has 0 saturated carbocycles. The van der Waals surface area contributed by atoms with Crippen LogP contribution in [0.25, 0.3) is 16.9 Å². The number of hydrogen-bond donors (Lipinski definition) is 2. The summed E-state index contributed by atoms with van der Waals surface area (Å²) in [5.41, 5.74) is 1.28. The minimum Gasteiger partial charge on any atom is -0.491 e. The van der Waals surface area contributed by atoms with Crippen molar-refractivity contribution in [3.8, 4) is 22.7 Å². The maximum absolute atomic E-state index is 15.1. The monoisotopic (exact) mass is 564 g/mol. The summed E-state index contributed by atoms with van der Waals surface area (Å²) >= 11 is 0. The summed E-state index contributed by atoms with van der Waals surface area (Å²) in [5.74, 6) is -1.46. The smallest absolute Gasteiger partial charge is 0.414 e. The SMILES string of the molecule is COCCOc1ccc(F)c(-n2nc(NC(=O)[C@@H]3CNC(=O)C3)cc2-c2cccc(CO[C@H](C)C(F)(F)F)c2)c1. The molecule has 2 atom stereocenters. The summed E-state index contributed by atoms with van der Waals surface area (Å²) in [7, 11) is 1.52. The van der Waals surface area contributed by atoms with Crippen molar-refractivity contribution in [3.63, 3.8) is 0 Å². The van der Waals surface area contributed by atoms with Crippen molar-refractivity contribution in [2.75, 3.05) is 32.2 Å². The lowest BCUT2D eigenvalue weighted by Gasteiger charge is -2.16. The molecule has 1 saturated heterocycles. The molecule has 0 bridgehead atoms. The molecule has 2 aromatic carbocycles. The lowest BCUT2D eigenvalue weighted by molar-refractivity contribution is -0.217. The Morgan fingerprint density at radius 2 is 2.00 bits per heavy atom. The van der Waals surface area contributed by atoms with Crippen LogP contribution < -0.4 is 15.4 Å². The van der Waals surface area contributed by atoms with Crippen LogP contribution in [0.1, 0.15) is 18.9 Å². The van der Waals surface area contributed by atoms with Crippen molar-refractivity contribution in [2.45, 2.75) is 32.2 Å². The van der Waals surface area contributed by atoms with Crippen LogP contribution in [0.5, 0.6) is 5.75 Å². The van der Waals surface area contributed by atoms with E-state index in [1.807, 2.05) is 0 Å². The van der Waals surface area contributed by atoms with Crippen LogP contribution in [0.2, 0.25) is 0 Å². The van der Waals surface area contributed by atoms with Gasteiger partial charge in [0.25, 0.3) is 0 Å². The summed E-state index contributed by atoms with van der Waals surface area (Å²) in [6.07, 6.45) is -6.43. The third kappa shape index (κ3) is 7.16. The predicted molar refractivity (Wildman–Crippen MR) is 136 cm³/mol. The van der Waals surface area contributed by atoms with Gasteiger partial charge in [-0.2, -0.15) is 13.2 Å². The van der Waals surface area contributed by atoms with Gasteiger partial charge in [-0.15, -0.1) is 5.10 Å². The number of nitrogens with one attached hydrogen (secondary N) is 2. The molecule has 1 aliphatic heterocycles. The number of anilines is 1. The summed E-state index contributed by atoms with van der Waals surface area (Å²) in [5, 5.41) is 9.66. The maximum atomic E-state index is 15.1. The first-order valence-corrected chi connectivity index (χ1v) is 12.4. The number of methoxy groups -OCH3 is 1. The molecular formula is C27H28F4N4O5.